The van der Waals surface area contributed by atoms with Gasteiger partial charge in [0, 0.05) is 55.6 Å². The first-order chi connectivity index (χ1) is 27.7. The zero-order chi connectivity index (χ0) is 39.5. The number of likely N-dealkylation sites (N-methyl/N-ethyl adjacent to an activating group) is 1. The molecule has 0 unspecified atom stereocenters. The van der Waals surface area contributed by atoms with Crippen LogP contribution in [0, 0.1) is 5.92 Å². The number of carbonyl (C=O) groups excluding carboxylic acids is 4. The van der Waals surface area contributed by atoms with Gasteiger partial charge in [0.1, 0.15) is 6.04 Å². The molecule has 2 amide bonds. The fourth-order valence-electron chi connectivity index (χ4n) is 9.33. The quantitative estimate of drug-likeness (QED) is 0.141. The van der Waals surface area contributed by atoms with Crippen molar-refractivity contribution in [3.05, 3.63) is 131 Å². The number of carbonyl (C=O) groups is 4. The monoisotopic (exact) mass is 763 g/mol. The summed E-state index contributed by atoms with van der Waals surface area (Å²) >= 11 is 0. The number of hydrogen-bond acceptors (Lipinski definition) is 6. The summed E-state index contributed by atoms with van der Waals surface area (Å²) in [5.41, 5.74) is 7.00. The Bertz CT molecular complexity index is 2220. The number of Topliss-reactive ketones (excluding diaryl/α,β-unsaturated/α-hetero) is 2. The number of benzene rings is 4. The number of fused-ring (bicyclic) bond motifs is 1. The number of nitrogens with one attached hydrogen (secondary N) is 1. The van der Waals surface area contributed by atoms with Crippen LogP contribution in [0.1, 0.15) is 60.4 Å². The lowest BCUT2D eigenvalue weighted by Crippen LogP contribution is -2.46. The number of aromatic nitrogens is 1. The lowest BCUT2D eigenvalue weighted by molar-refractivity contribution is -0.141. The molecule has 3 aliphatic heterocycles. The maximum atomic E-state index is 13.8. The molecular weight excluding hydrogens is 711 g/mol. The van der Waals surface area contributed by atoms with Crippen molar-refractivity contribution in [2.45, 2.75) is 69.6 Å². The average Bonchev–Trinajstić information content (AvgIpc) is 4.06. The van der Waals surface area contributed by atoms with Crippen LogP contribution in [-0.4, -0.2) is 100 Å². The smallest absolute Gasteiger partial charge is 0.245 e. The Labute approximate surface area is 335 Å². The summed E-state index contributed by atoms with van der Waals surface area (Å²) < 4.78 is 0. The molecule has 9 nitrogen and oxygen atoms in total. The van der Waals surface area contributed by atoms with Gasteiger partial charge in [-0.1, -0.05) is 91.0 Å². The molecule has 3 aliphatic rings. The number of hydrogen-bond donors (Lipinski definition) is 1. The number of rotatable bonds is 13. The van der Waals surface area contributed by atoms with Crippen LogP contribution in [0.3, 0.4) is 0 Å². The minimum atomic E-state index is -0.434. The van der Waals surface area contributed by atoms with E-state index in [0.29, 0.717) is 25.9 Å². The van der Waals surface area contributed by atoms with E-state index >= 15 is 0 Å². The minimum Gasteiger partial charge on any atom is -0.355 e. The van der Waals surface area contributed by atoms with Crippen molar-refractivity contribution < 1.29 is 19.2 Å². The minimum absolute atomic E-state index is 0.0235. The largest absolute Gasteiger partial charge is 0.355 e. The van der Waals surface area contributed by atoms with Crippen LogP contribution in [-0.2, 0) is 38.6 Å². The number of ketones is 2. The third kappa shape index (κ3) is 8.50. The number of likely N-dealkylation sites (tertiary alicyclic amines) is 3. The predicted octanol–water partition coefficient (Wildman–Crippen LogP) is 6.87. The van der Waals surface area contributed by atoms with E-state index in [9.17, 15) is 19.2 Å². The molecule has 4 atom stereocenters. The summed E-state index contributed by atoms with van der Waals surface area (Å²) in [4.78, 5) is 66.3. The lowest BCUT2D eigenvalue weighted by atomic mass is 9.99. The van der Waals surface area contributed by atoms with Gasteiger partial charge in [-0.05, 0) is 98.8 Å². The number of aromatic amines is 1. The van der Waals surface area contributed by atoms with E-state index in [1.165, 1.54) is 5.56 Å². The second-order valence-electron chi connectivity index (χ2n) is 16.5. The number of nitrogens with zero attached hydrogens (tertiary/aromatic N) is 4. The highest BCUT2D eigenvalue weighted by Crippen LogP contribution is 2.31. The summed E-state index contributed by atoms with van der Waals surface area (Å²) in [5.74, 6) is 0.240. The molecule has 0 spiro atoms. The van der Waals surface area contributed by atoms with Crippen LogP contribution in [0.15, 0.2) is 109 Å². The second-order valence-corrected chi connectivity index (χ2v) is 16.5. The summed E-state index contributed by atoms with van der Waals surface area (Å²) in [5, 5.41) is 1.02. The van der Waals surface area contributed by atoms with Gasteiger partial charge in [-0.25, -0.2) is 0 Å². The van der Waals surface area contributed by atoms with Crippen molar-refractivity contribution in [1.29, 1.82) is 0 Å². The standard InChI is InChI=1S/C48H53N5O4/c1-50(2)46(37-13-7-4-8-14-37)48(57)53-25-10-16-43(53)45(55)29-35-19-22-40-39(27-35)30-41(49-40)36-20-17-33(18-21-36)28-44(54)42-15-9-24-52(42)47(56)38-23-26-51(32-38)31-34-11-5-3-6-12-34/h3-8,11-14,17-22,27,30,38,42-43,46,49H,9-10,15-16,23-26,28-29,31-32H2,1-2H3/t38-,42+,43+,46-/m1/s1. The van der Waals surface area contributed by atoms with Crippen LogP contribution in [0.2, 0.25) is 0 Å². The van der Waals surface area contributed by atoms with Crippen molar-refractivity contribution in [3.63, 3.8) is 0 Å². The van der Waals surface area contributed by atoms with E-state index in [1.54, 1.807) is 4.90 Å². The number of amides is 2. The Morgan fingerprint density at radius 1 is 0.684 bits per heavy atom. The normalized spacial score (nSPS) is 20.4. The van der Waals surface area contributed by atoms with Gasteiger partial charge in [0.15, 0.2) is 11.6 Å². The Morgan fingerprint density at radius 2 is 1.32 bits per heavy atom. The maximum Gasteiger partial charge on any atom is 0.245 e. The molecule has 8 rings (SSSR count). The molecule has 4 aromatic carbocycles. The molecule has 0 saturated carbocycles. The van der Waals surface area contributed by atoms with Gasteiger partial charge in [-0.15, -0.1) is 0 Å². The van der Waals surface area contributed by atoms with Crippen LogP contribution in [0.4, 0.5) is 0 Å². The number of H-pyrrole nitrogens is 1. The average molecular weight is 764 g/mol. The van der Waals surface area contributed by atoms with Crippen LogP contribution in [0.25, 0.3) is 22.2 Å². The van der Waals surface area contributed by atoms with E-state index < -0.39 is 12.1 Å². The van der Waals surface area contributed by atoms with Gasteiger partial charge in [-0.2, -0.15) is 0 Å². The van der Waals surface area contributed by atoms with E-state index in [1.807, 2.05) is 96.7 Å². The van der Waals surface area contributed by atoms with E-state index in [-0.39, 0.29) is 41.8 Å². The van der Waals surface area contributed by atoms with Crippen molar-refractivity contribution in [1.82, 2.24) is 24.6 Å². The molecule has 1 aromatic heterocycles. The van der Waals surface area contributed by atoms with E-state index in [0.717, 1.165) is 84.2 Å². The molecule has 5 aromatic rings. The first-order valence-electron chi connectivity index (χ1n) is 20.6. The molecule has 57 heavy (non-hydrogen) atoms. The molecular formula is C48H53N5O4. The zero-order valence-corrected chi connectivity index (χ0v) is 33.1. The van der Waals surface area contributed by atoms with Crippen LogP contribution in [0.5, 0.6) is 0 Å². The first kappa shape index (κ1) is 38.5. The Kier molecular flexibility index (Phi) is 11.5. The second kappa shape index (κ2) is 17.0. The van der Waals surface area contributed by atoms with Gasteiger partial charge < -0.3 is 14.8 Å². The molecule has 4 heterocycles. The van der Waals surface area contributed by atoms with Crippen molar-refractivity contribution >= 4 is 34.3 Å². The SMILES string of the molecule is CN(C)[C@@H](C(=O)N1CCC[C@H]1C(=O)Cc1ccc2[nH]c(-c3ccc(CC(=O)[C@@H]4CCCN4C(=O)[C@@H]4CCN(Cc5ccccc5)C4)cc3)cc2c1)c1ccccc1. The summed E-state index contributed by atoms with van der Waals surface area (Å²) in [6.45, 7) is 3.74. The van der Waals surface area contributed by atoms with Gasteiger partial charge >= 0.3 is 0 Å². The molecule has 0 radical (unpaired) electrons. The Hall–Kier alpha value is -5.38. The van der Waals surface area contributed by atoms with Crippen molar-refractivity contribution in [3.8, 4) is 11.3 Å². The fraction of sp³-hybridized carbons (Fsp3) is 0.375. The highest BCUT2D eigenvalue weighted by atomic mass is 16.2. The summed E-state index contributed by atoms with van der Waals surface area (Å²) in [7, 11) is 3.81. The topological polar surface area (TPSA) is 97.0 Å². The summed E-state index contributed by atoms with van der Waals surface area (Å²) in [6, 6.07) is 35.2. The third-order valence-electron chi connectivity index (χ3n) is 12.3. The van der Waals surface area contributed by atoms with Crippen molar-refractivity contribution in [2.75, 3.05) is 40.3 Å². The molecule has 0 aliphatic carbocycles. The Morgan fingerprint density at radius 3 is 2.02 bits per heavy atom. The maximum absolute atomic E-state index is 13.8. The zero-order valence-electron chi connectivity index (χ0n) is 33.1. The van der Waals surface area contributed by atoms with Gasteiger partial charge in [-0.3, -0.25) is 29.0 Å². The first-order valence-corrected chi connectivity index (χ1v) is 20.6. The molecule has 294 valence electrons. The van der Waals surface area contributed by atoms with Gasteiger partial charge in [0.05, 0.1) is 18.0 Å². The summed E-state index contributed by atoms with van der Waals surface area (Å²) in [6.07, 6.45) is 4.50. The molecule has 3 fully saturated rings. The predicted molar refractivity (Wildman–Crippen MR) is 223 cm³/mol. The fourth-order valence-corrected chi connectivity index (χ4v) is 9.33. The van der Waals surface area contributed by atoms with Crippen molar-refractivity contribution in [2.24, 2.45) is 5.92 Å². The molecule has 9 heteroatoms. The molecule has 1 N–H and O–H groups in total. The highest BCUT2D eigenvalue weighted by molar-refractivity contribution is 5.94. The van der Waals surface area contributed by atoms with Gasteiger partial charge in [0.2, 0.25) is 11.8 Å². The van der Waals surface area contributed by atoms with E-state index in [2.05, 4.69) is 46.3 Å². The van der Waals surface area contributed by atoms with Gasteiger partial charge in [0.25, 0.3) is 0 Å². The third-order valence-corrected chi connectivity index (χ3v) is 12.3. The highest BCUT2D eigenvalue weighted by Gasteiger charge is 2.40. The Balaban J connectivity index is 0.872. The van der Waals surface area contributed by atoms with Crippen LogP contribution >= 0.6 is 0 Å². The molecule has 0 bridgehead atoms. The molecule has 3 saturated heterocycles. The lowest BCUT2D eigenvalue weighted by Gasteiger charge is -2.31. The van der Waals surface area contributed by atoms with Crippen LogP contribution < -0.4 is 0 Å². The van der Waals surface area contributed by atoms with E-state index in [4.69, 9.17) is 0 Å².